The minimum atomic E-state index is 0.355. The van der Waals surface area contributed by atoms with Crippen LogP contribution in [0.5, 0.6) is 0 Å². The lowest BCUT2D eigenvalue weighted by Gasteiger charge is -2.11. The van der Waals surface area contributed by atoms with Crippen molar-refractivity contribution in [2.75, 3.05) is 12.3 Å². The molecule has 1 unspecified atom stereocenters. The van der Waals surface area contributed by atoms with E-state index in [0.717, 1.165) is 0 Å². The van der Waals surface area contributed by atoms with Crippen molar-refractivity contribution in [3.05, 3.63) is 23.5 Å². The van der Waals surface area contributed by atoms with Gasteiger partial charge in [0, 0.05) is 0 Å². The molecule has 0 aliphatic carbocycles. The molecule has 0 aromatic rings. The zero-order valence-electron chi connectivity index (χ0n) is 5.51. The third-order valence-electron chi connectivity index (χ3n) is 2.02. The van der Waals surface area contributed by atoms with E-state index >= 15 is 0 Å². The fourth-order valence-corrected chi connectivity index (χ4v) is 3.91. The Bertz CT molecular complexity index is 167. The average Bonchev–Trinajstić information content (AvgIpc) is 2.33. The SMILES string of the molecule is C1=CCP2CCCC2=C1. The number of hydrogen-bond donors (Lipinski definition) is 0. The van der Waals surface area contributed by atoms with Gasteiger partial charge in [0.05, 0.1) is 0 Å². The first-order valence-electron chi connectivity index (χ1n) is 3.57. The predicted molar refractivity (Wildman–Crippen MR) is 43.1 cm³/mol. The van der Waals surface area contributed by atoms with Gasteiger partial charge in [0.2, 0.25) is 0 Å². The van der Waals surface area contributed by atoms with E-state index in [1.54, 1.807) is 5.31 Å². The second kappa shape index (κ2) is 2.27. The molecule has 0 N–H and O–H groups in total. The van der Waals surface area contributed by atoms with Crippen LogP contribution in [-0.2, 0) is 0 Å². The molecule has 2 heterocycles. The molecule has 1 fully saturated rings. The maximum absolute atomic E-state index is 2.34. The Balaban J connectivity index is 2.23. The first-order chi connectivity index (χ1) is 4.47. The van der Waals surface area contributed by atoms with E-state index in [1.165, 1.54) is 25.2 Å². The van der Waals surface area contributed by atoms with E-state index in [0.29, 0.717) is 7.92 Å². The van der Waals surface area contributed by atoms with Crippen LogP contribution in [0.25, 0.3) is 0 Å². The fraction of sp³-hybridized carbons (Fsp3) is 0.500. The Morgan fingerprint density at radius 3 is 3.33 bits per heavy atom. The zero-order chi connectivity index (χ0) is 6.10. The van der Waals surface area contributed by atoms with Crippen LogP contribution in [0.1, 0.15) is 12.8 Å². The monoisotopic (exact) mass is 138 g/mol. The van der Waals surface area contributed by atoms with Crippen molar-refractivity contribution >= 4 is 7.92 Å². The van der Waals surface area contributed by atoms with Crippen LogP contribution >= 0.6 is 7.92 Å². The predicted octanol–water partition coefficient (Wildman–Crippen LogP) is 2.72. The largest absolute Gasteiger partial charge is 0.0799 e. The summed E-state index contributed by atoms with van der Waals surface area (Å²) in [5, 5.41) is 1.77. The van der Waals surface area contributed by atoms with Crippen molar-refractivity contribution in [1.82, 2.24) is 0 Å². The molecule has 9 heavy (non-hydrogen) atoms. The Hall–Kier alpha value is -0.0900. The number of allylic oxidation sites excluding steroid dienone is 4. The fourth-order valence-electron chi connectivity index (χ4n) is 1.52. The molecule has 0 amide bonds. The molecule has 0 bridgehead atoms. The van der Waals surface area contributed by atoms with E-state index in [2.05, 4.69) is 18.2 Å². The summed E-state index contributed by atoms with van der Waals surface area (Å²) in [6.07, 6.45) is 12.6. The molecule has 1 heteroatoms. The highest BCUT2D eigenvalue weighted by atomic mass is 31.1. The number of fused-ring (bicyclic) bond motifs is 1. The molecule has 0 radical (unpaired) electrons. The van der Waals surface area contributed by atoms with Crippen molar-refractivity contribution in [1.29, 1.82) is 0 Å². The molecule has 0 aromatic carbocycles. The van der Waals surface area contributed by atoms with Crippen LogP contribution in [0, 0.1) is 0 Å². The van der Waals surface area contributed by atoms with Gasteiger partial charge >= 0.3 is 0 Å². The van der Waals surface area contributed by atoms with Crippen molar-refractivity contribution in [2.45, 2.75) is 12.8 Å². The first kappa shape index (κ1) is 5.68. The minimum absolute atomic E-state index is 0.355. The van der Waals surface area contributed by atoms with Gasteiger partial charge in [0.1, 0.15) is 0 Å². The van der Waals surface area contributed by atoms with Crippen LogP contribution in [-0.4, -0.2) is 12.3 Å². The summed E-state index contributed by atoms with van der Waals surface area (Å²) >= 11 is 0. The van der Waals surface area contributed by atoms with Crippen molar-refractivity contribution in [3.8, 4) is 0 Å². The lowest BCUT2D eigenvalue weighted by molar-refractivity contribution is 0.995. The molecule has 2 rings (SSSR count). The van der Waals surface area contributed by atoms with Gasteiger partial charge in [0.15, 0.2) is 0 Å². The molecule has 0 saturated carbocycles. The Labute approximate surface area is 57.4 Å². The highest BCUT2D eigenvalue weighted by Gasteiger charge is 2.19. The van der Waals surface area contributed by atoms with Gasteiger partial charge in [-0.25, -0.2) is 0 Å². The van der Waals surface area contributed by atoms with Crippen molar-refractivity contribution < 1.29 is 0 Å². The lowest BCUT2D eigenvalue weighted by Crippen LogP contribution is -1.83. The summed E-state index contributed by atoms with van der Waals surface area (Å²) in [6.45, 7) is 0. The minimum Gasteiger partial charge on any atom is -0.0799 e. The van der Waals surface area contributed by atoms with E-state index in [4.69, 9.17) is 0 Å². The Morgan fingerprint density at radius 1 is 1.44 bits per heavy atom. The van der Waals surface area contributed by atoms with E-state index in [1.807, 2.05) is 0 Å². The van der Waals surface area contributed by atoms with Crippen molar-refractivity contribution in [3.63, 3.8) is 0 Å². The molecule has 48 valence electrons. The first-order valence-corrected chi connectivity index (χ1v) is 5.29. The van der Waals surface area contributed by atoms with Gasteiger partial charge in [0.25, 0.3) is 0 Å². The summed E-state index contributed by atoms with van der Waals surface area (Å²) in [5.74, 6) is 0. The summed E-state index contributed by atoms with van der Waals surface area (Å²) < 4.78 is 0. The van der Waals surface area contributed by atoms with Crippen LogP contribution in [0.2, 0.25) is 0 Å². The van der Waals surface area contributed by atoms with Crippen LogP contribution in [0.3, 0.4) is 0 Å². The second-order valence-corrected chi connectivity index (χ2v) is 5.10. The molecule has 2 aliphatic heterocycles. The van der Waals surface area contributed by atoms with Gasteiger partial charge in [-0.05, 0) is 30.5 Å². The van der Waals surface area contributed by atoms with E-state index < -0.39 is 0 Å². The van der Waals surface area contributed by atoms with Crippen LogP contribution in [0.15, 0.2) is 23.5 Å². The molecule has 1 atom stereocenters. The number of hydrogen-bond acceptors (Lipinski definition) is 0. The third-order valence-corrected chi connectivity index (χ3v) is 4.71. The summed E-state index contributed by atoms with van der Waals surface area (Å²) in [7, 11) is 0.355. The maximum atomic E-state index is 2.34. The number of rotatable bonds is 0. The highest BCUT2D eigenvalue weighted by molar-refractivity contribution is 7.62. The summed E-state index contributed by atoms with van der Waals surface area (Å²) in [5.41, 5.74) is 0. The van der Waals surface area contributed by atoms with Gasteiger partial charge < -0.3 is 0 Å². The van der Waals surface area contributed by atoms with Crippen LogP contribution < -0.4 is 0 Å². The topological polar surface area (TPSA) is 0 Å². The molecular formula is C8H11P. The normalized spacial score (nSPS) is 32.0. The Kier molecular flexibility index (Phi) is 1.43. The Morgan fingerprint density at radius 2 is 2.44 bits per heavy atom. The summed E-state index contributed by atoms with van der Waals surface area (Å²) in [6, 6.07) is 0. The zero-order valence-corrected chi connectivity index (χ0v) is 6.40. The standard InChI is InChI=1S/C8H11P/c1-2-6-9-7-3-5-8(9)4-1/h1-2,4H,3,5-7H2. The molecule has 0 aromatic heterocycles. The van der Waals surface area contributed by atoms with Crippen molar-refractivity contribution in [2.24, 2.45) is 0 Å². The van der Waals surface area contributed by atoms with Gasteiger partial charge in [-0.2, -0.15) is 0 Å². The average molecular weight is 138 g/mol. The maximum Gasteiger partial charge on any atom is -0.0104 e. The highest BCUT2D eigenvalue weighted by Crippen LogP contribution is 2.54. The van der Waals surface area contributed by atoms with Crippen LogP contribution in [0.4, 0.5) is 0 Å². The quantitative estimate of drug-likeness (QED) is 0.451. The molecule has 2 aliphatic rings. The smallest absolute Gasteiger partial charge is 0.0104 e. The van der Waals surface area contributed by atoms with Gasteiger partial charge in [-0.15, -0.1) is 0 Å². The molecule has 0 spiro atoms. The summed E-state index contributed by atoms with van der Waals surface area (Å²) in [4.78, 5) is 0. The van der Waals surface area contributed by atoms with E-state index in [9.17, 15) is 0 Å². The third kappa shape index (κ3) is 0.966. The lowest BCUT2D eigenvalue weighted by atomic mass is 10.3. The molecule has 1 saturated heterocycles. The van der Waals surface area contributed by atoms with Gasteiger partial charge in [-0.3, -0.25) is 0 Å². The van der Waals surface area contributed by atoms with E-state index in [-0.39, 0.29) is 0 Å². The molecule has 0 nitrogen and oxygen atoms in total. The molecular weight excluding hydrogens is 127 g/mol. The van der Waals surface area contributed by atoms with Gasteiger partial charge in [-0.1, -0.05) is 26.1 Å². The second-order valence-electron chi connectivity index (χ2n) is 2.64.